The van der Waals surface area contributed by atoms with Crippen LogP contribution >= 0.6 is 11.3 Å². The maximum absolute atomic E-state index is 12.4. The molecule has 6 heteroatoms. The van der Waals surface area contributed by atoms with Gasteiger partial charge in [-0.15, -0.1) is 11.3 Å². The predicted molar refractivity (Wildman–Crippen MR) is 82.9 cm³/mol. The standard InChI is InChI=1S/C15H18N2O3S/c1-15(2,3)20-14(19)17-12-8-21-7-11(12)9-4-5-16-6-10(9)13(17)18/h4-10,13,18H,1-3H3. The van der Waals surface area contributed by atoms with Crippen molar-refractivity contribution >= 4 is 29.3 Å². The van der Waals surface area contributed by atoms with Crippen molar-refractivity contribution in [1.29, 1.82) is 0 Å². The van der Waals surface area contributed by atoms with Crippen molar-refractivity contribution in [2.75, 3.05) is 4.90 Å². The number of anilines is 1. The Morgan fingerprint density at radius 2 is 2.19 bits per heavy atom. The van der Waals surface area contributed by atoms with Crippen molar-refractivity contribution < 1.29 is 14.6 Å². The first-order chi connectivity index (χ1) is 9.88. The smallest absolute Gasteiger partial charge is 0.417 e. The van der Waals surface area contributed by atoms with Crippen molar-refractivity contribution in [3.05, 3.63) is 28.6 Å². The summed E-state index contributed by atoms with van der Waals surface area (Å²) < 4.78 is 5.42. The fraction of sp³-hybridized carbons (Fsp3) is 0.467. The summed E-state index contributed by atoms with van der Waals surface area (Å²) in [6.07, 6.45) is 3.90. The van der Waals surface area contributed by atoms with E-state index in [-0.39, 0.29) is 11.8 Å². The van der Waals surface area contributed by atoms with E-state index in [4.69, 9.17) is 4.74 Å². The minimum Gasteiger partial charge on any atom is -0.443 e. The van der Waals surface area contributed by atoms with Gasteiger partial charge < -0.3 is 9.84 Å². The van der Waals surface area contributed by atoms with Gasteiger partial charge in [0.1, 0.15) is 11.8 Å². The van der Waals surface area contributed by atoms with Crippen molar-refractivity contribution in [2.45, 2.75) is 38.5 Å². The fourth-order valence-electron chi connectivity index (χ4n) is 2.66. The van der Waals surface area contributed by atoms with Crippen LogP contribution < -0.4 is 4.90 Å². The topological polar surface area (TPSA) is 62.1 Å². The number of aliphatic hydroxyl groups is 1. The lowest BCUT2D eigenvalue weighted by Gasteiger charge is -2.41. The lowest BCUT2D eigenvalue weighted by Crippen LogP contribution is -2.51. The average Bonchev–Trinajstić information content (AvgIpc) is 2.86. The minimum absolute atomic E-state index is 0.0532. The summed E-state index contributed by atoms with van der Waals surface area (Å²) in [5.74, 6) is -0.193. The van der Waals surface area contributed by atoms with Crippen molar-refractivity contribution in [1.82, 2.24) is 0 Å². The number of hydrogen-bond donors (Lipinski definition) is 1. The van der Waals surface area contributed by atoms with E-state index in [2.05, 4.69) is 4.99 Å². The highest BCUT2D eigenvalue weighted by molar-refractivity contribution is 7.08. The molecule has 0 saturated carbocycles. The van der Waals surface area contributed by atoms with Crippen molar-refractivity contribution in [3.8, 4) is 0 Å². The zero-order chi connectivity index (χ0) is 15.2. The third-order valence-electron chi connectivity index (χ3n) is 3.54. The number of ether oxygens (including phenoxy) is 1. The predicted octanol–water partition coefficient (Wildman–Crippen LogP) is 3.12. The molecule has 3 heterocycles. The molecule has 2 aliphatic heterocycles. The molecule has 0 spiro atoms. The largest absolute Gasteiger partial charge is 0.443 e. The Morgan fingerprint density at radius 3 is 2.90 bits per heavy atom. The van der Waals surface area contributed by atoms with Crippen LogP contribution in [0.15, 0.2) is 28.0 Å². The van der Waals surface area contributed by atoms with Gasteiger partial charge in [0, 0.05) is 23.7 Å². The van der Waals surface area contributed by atoms with Crippen molar-refractivity contribution in [2.24, 2.45) is 10.9 Å². The zero-order valence-electron chi connectivity index (χ0n) is 12.2. The summed E-state index contributed by atoms with van der Waals surface area (Å²) in [6.45, 7) is 5.43. The Kier molecular flexibility index (Phi) is 3.37. The molecule has 3 unspecified atom stereocenters. The molecule has 0 fully saturated rings. The highest BCUT2D eigenvalue weighted by atomic mass is 32.1. The number of fused-ring (bicyclic) bond motifs is 3. The van der Waals surface area contributed by atoms with E-state index >= 15 is 0 Å². The molecule has 1 aromatic rings. The van der Waals surface area contributed by atoms with E-state index in [0.29, 0.717) is 0 Å². The third kappa shape index (κ3) is 2.49. The fourth-order valence-corrected chi connectivity index (χ4v) is 3.53. The Balaban J connectivity index is 1.99. The lowest BCUT2D eigenvalue weighted by molar-refractivity contribution is 0.0410. The number of hydrogen-bond acceptors (Lipinski definition) is 5. The summed E-state index contributed by atoms with van der Waals surface area (Å²) in [5.41, 5.74) is 1.15. The Morgan fingerprint density at radius 1 is 1.43 bits per heavy atom. The van der Waals surface area contributed by atoms with Crippen molar-refractivity contribution in [3.63, 3.8) is 0 Å². The summed E-state index contributed by atoms with van der Waals surface area (Å²) in [6, 6.07) is 0. The van der Waals surface area contributed by atoms with E-state index in [9.17, 15) is 9.90 Å². The molecule has 3 atom stereocenters. The molecular weight excluding hydrogens is 288 g/mol. The van der Waals surface area contributed by atoms with Crippen LogP contribution in [0.2, 0.25) is 0 Å². The first-order valence-electron chi connectivity index (χ1n) is 6.85. The Labute approximate surface area is 127 Å². The molecule has 0 bridgehead atoms. The maximum Gasteiger partial charge on any atom is 0.417 e. The van der Waals surface area contributed by atoms with Gasteiger partial charge in [0.25, 0.3) is 0 Å². The molecule has 5 nitrogen and oxygen atoms in total. The van der Waals surface area contributed by atoms with E-state index in [1.165, 1.54) is 16.2 Å². The number of carbonyl (C=O) groups is 1. The van der Waals surface area contributed by atoms with Gasteiger partial charge >= 0.3 is 6.09 Å². The van der Waals surface area contributed by atoms with Crippen LogP contribution in [0.3, 0.4) is 0 Å². The summed E-state index contributed by atoms with van der Waals surface area (Å²) >= 11 is 1.51. The molecule has 1 N–H and O–H groups in total. The Bertz CT molecular complexity index is 615. The number of nitrogens with zero attached hydrogens (tertiary/aromatic N) is 2. The van der Waals surface area contributed by atoms with Gasteiger partial charge in [-0.25, -0.2) is 9.69 Å². The van der Waals surface area contributed by atoms with Crippen LogP contribution in [-0.4, -0.2) is 29.2 Å². The van der Waals surface area contributed by atoms with Crippen LogP contribution in [-0.2, 0) is 4.74 Å². The number of amides is 1. The molecule has 3 rings (SSSR count). The summed E-state index contributed by atoms with van der Waals surface area (Å²) in [5, 5.41) is 14.5. The molecule has 0 aromatic carbocycles. The van der Waals surface area contributed by atoms with Crippen LogP contribution in [0.25, 0.3) is 0 Å². The molecule has 112 valence electrons. The highest BCUT2D eigenvalue weighted by Crippen LogP contribution is 2.45. The first kappa shape index (κ1) is 14.3. The number of allylic oxidation sites excluding steroid dienone is 1. The normalized spacial score (nSPS) is 27.2. The van der Waals surface area contributed by atoms with Crippen LogP contribution in [0.5, 0.6) is 0 Å². The minimum atomic E-state index is -0.972. The van der Waals surface area contributed by atoms with Gasteiger partial charge in [-0.05, 0) is 31.7 Å². The summed E-state index contributed by atoms with van der Waals surface area (Å²) in [4.78, 5) is 17.9. The second-order valence-corrected chi connectivity index (χ2v) is 6.96. The van der Waals surface area contributed by atoms with Gasteiger partial charge in [0.05, 0.1) is 11.6 Å². The van der Waals surface area contributed by atoms with E-state index in [1.54, 1.807) is 12.4 Å². The van der Waals surface area contributed by atoms with Gasteiger partial charge in [-0.3, -0.25) is 4.99 Å². The number of aliphatic imine (C=N–C) groups is 1. The number of rotatable bonds is 0. The second kappa shape index (κ2) is 4.96. The molecular formula is C15H18N2O3S. The SMILES string of the molecule is CC(C)(C)OC(=O)N1c2cscc2C2C=CN=CC2C1O. The first-order valence-corrected chi connectivity index (χ1v) is 7.79. The molecule has 21 heavy (non-hydrogen) atoms. The van der Waals surface area contributed by atoms with Gasteiger partial charge in [0.15, 0.2) is 0 Å². The van der Waals surface area contributed by atoms with Crippen LogP contribution in [0.4, 0.5) is 10.5 Å². The van der Waals surface area contributed by atoms with Crippen LogP contribution in [0.1, 0.15) is 32.3 Å². The average molecular weight is 306 g/mol. The van der Waals surface area contributed by atoms with Gasteiger partial charge in [-0.1, -0.05) is 6.08 Å². The quantitative estimate of drug-likeness (QED) is 0.801. The van der Waals surface area contributed by atoms with E-state index < -0.39 is 17.9 Å². The monoisotopic (exact) mass is 306 g/mol. The van der Waals surface area contributed by atoms with Gasteiger partial charge in [-0.2, -0.15) is 0 Å². The lowest BCUT2D eigenvalue weighted by atomic mass is 9.81. The van der Waals surface area contributed by atoms with Crippen LogP contribution in [0, 0.1) is 5.92 Å². The third-order valence-corrected chi connectivity index (χ3v) is 4.29. The molecule has 1 amide bonds. The molecule has 1 aromatic heterocycles. The Hall–Kier alpha value is -1.66. The molecule has 0 saturated heterocycles. The van der Waals surface area contributed by atoms with E-state index in [1.807, 2.05) is 37.6 Å². The number of carbonyl (C=O) groups excluding carboxylic acids is 1. The molecule has 0 radical (unpaired) electrons. The molecule has 0 aliphatic carbocycles. The number of aliphatic hydroxyl groups excluding tert-OH is 1. The summed E-state index contributed by atoms with van der Waals surface area (Å²) in [7, 11) is 0. The maximum atomic E-state index is 12.4. The highest BCUT2D eigenvalue weighted by Gasteiger charge is 2.43. The second-order valence-electron chi connectivity index (χ2n) is 6.22. The zero-order valence-corrected chi connectivity index (χ0v) is 13.0. The number of thiophene rings is 1. The van der Waals surface area contributed by atoms with Gasteiger partial charge in [0.2, 0.25) is 0 Å². The van der Waals surface area contributed by atoms with E-state index in [0.717, 1.165) is 11.3 Å². The molecule has 2 aliphatic rings.